The predicted octanol–water partition coefficient (Wildman–Crippen LogP) is -0.453. The molecule has 280 valence electrons. The molecule has 0 saturated carbocycles. The van der Waals surface area contributed by atoms with Crippen LogP contribution in [0.1, 0.15) is 23.1 Å². The number of aliphatic carboxylic acids is 3. The molecule has 3 rings (SSSR count). The van der Waals surface area contributed by atoms with Crippen LogP contribution in [-0.2, 0) is 48.3 Å². The highest BCUT2D eigenvalue weighted by Crippen LogP contribution is 2.09. The molecule has 1 heterocycles. The molecule has 0 spiro atoms. The Morgan fingerprint density at radius 2 is 1.06 bits per heavy atom. The highest BCUT2D eigenvalue weighted by Gasteiger charge is 2.21. The van der Waals surface area contributed by atoms with Gasteiger partial charge in [0.25, 0.3) is 5.91 Å². The maximum absolute atomic E-state index is 13.1. The molecular formula is C35H51N7O9. The number of hydrogen-bond acceptors (Lipinski definition) is 11. The minimum absolute atomic E-state index is 0.0306. The number of hydroxylamine groups is 1. The molecule has 0 aliphatic carbocycles. The predicted molar refractivity (Wildman–Crippen MR) is 187 cm³/mol. The Kier molecular flexibility index (Phi) is 18.0. The summed E-state index contributed by atoms with van der Waals surface area (Å²) in [5, 5.41) is 34.4. The lowest BCUT2D eigenvalue weighted by Gasteiger charge is -2.32. The Balaban J connectivity index is 1.55. The van der Waals surface area contributed by atoms with Gasteiger partial charge in [-0.25, -0.2) is 5.48 Å². The average Bonchev–Trinajstić information content (AvgIpc) is 3.09. The molecule has 0 unspecified atom stereocenters. The van der Waals surface area contributed by atoms with Crippen molar-refractivity contribution in [2.45, 2.75) is 32.0 Å². The summed E-state index contributed by atoms with van der Waals surface area (Å²) in [7, 11) is 1.40. The molecule has 1 aliphatic rings. The van der Waals surface area contributed by atoms with E-state index in [1.165, 1.54) is 7.11 Å². The molecule has 6 N–H and O–H groups in total. The molecule has 2 aromatic rings. The minimum atomic E-state index is -1.02. The number of nitrogens with zero attached hydrogens (tertiary/aromatic N) is 4. The van der Waals surface area contributed by atoms with E-state index in [-0.39, 0.29) is 44.5 Å². The number of aryl methyl sites for hydroxylation is 1. The highest BCUT2D eigenvalue weighted by molar-refractivity contribution is 5.80. The van der Waals surface area contributed by atoms with Gasteiger partial charge in [-0.2, -0.15) is 0 Å². The third-order valence-electron chi connectivity index (χ3n) is 8.52. The Labute approximate surface area is 298 Å². The fraction of sp³-hybridized carbons (Fsp3) is 0.514. The second-order valence-electron chi connectivity index (χ2n) is 12.5. The number of rotatable bonds is 18. The summed E-state index contributed by atoms with van der Waals surface area (Å²) in [6.45, 7) is 2.65. The maximum atomic E-state index is 13.1. The number of carbonyl (C=O) groups is 5. The summed E-state index contributed by atoms with van der Waals surface area (Å²) in [5.74, 6) is -3.53. The largest absolute Gasteiger partial charge is 0.480 e. The summed E-state index contributed by atoms with van der Waals surface area (Å²) >= 11 is 0. The van der Waals surface area contributed by atoms with Gasteiger partial charge in [0.2, 0.25) is 5.91 Å². The number of amides is 2. The van der Waals surface area contributed by atoms with Crippen LogP contribution in [0, 0.1) is 0 Å². The standard InChI is InChI=1S/C35H51N7O9/c1-51-38-35(50)30(12-11-27-5-3-2-4-6-27)36-21-28-7-9-29(10-8-28)22-37-31(43)23-39-13-15-40(24-32(44)45)17-19-42(26-34(48)49)20-18-41(16-14-39)25-33(46)47/h2-10,30,36H,11-26H2,1H3,(H,37,43)(H,38,50)(H,44,45)(H,46,47)(H,48,49)/t30-/m1/s1. The van der Waals surface area contributed by atoms with Crippen LogP contribution in [0.5, 0.6) is 0 Å². The van der Waals surface area contributed by atoms with E-state index in [4.69, 9.17) is 4.84 Å². The molecule has 16 heteroatoms. The van der Waals surface area contributed by atoms with Crippen LogP contribution in [0.4, 0.5) is 0 Å². The van der Waals surface area contributed by atoms with Crippen molar-refractivity contribution in [1.29, 1.82) is 0 Å². The van der Waals surface area contributed by atoms with Gasteiger partial charge in [-0.1, -0.05) is 54.6 Å². The van der Waals surface area contributed by atoms with Crippen molar-refractivity contribution in [3.05, 3.63) is 71.3 Å². The monoisotopic (exact) mass is 713 g/mol. The molecule has 1 fully saturated rings. The number of nitrogens with one attached hydrogen (secondary N) is 3. The fourth-order valence-electron chi connectivity index (χ4n) is 5.71. The molecule has 2 amide bonds. The zero-order valence-electron chi connectivity index (χ0n) is 29.2. The first-order valence-corrected chi connectivity index (χ1v) is 17.0. The lowest BCUT2D eigenvalue weighted by Crippen LogP contribution is -2.49. The van der Waals surface area contributed by atoms with Crippen molar-refractivity contribution in [1.82, 2.24) is 35.7 Å². The lowest BCUT2D eigenvalue weighted by molar-refractivity contribution is -0.140. The Bertz CT molecular complexity index is 1370. The lowest BCUT2D eigenvalue weighted by atomic mass is 10.0. The Hall–Kier alpha value is -4.45. The Morgan fingerprint density at radius 3 is 1.49 bits per heavy atom. The molecule has 2 aromatic carbocycles. The SMILES string of the molecule is CONC(=O)[C@@H](CCc1ccccc1)NCc1ccc(CNC(=O)CN2CCN(CC(=O)O)CCN(CC(=O)O)CCN(CC(=O)O)CC2)cc1. The van der Waals surface area contributed by atoms with Crippen LogP contribution in [0.25, 0.3) is 0 Å². The third kappa shape index (κ3) is 16.9. The van der Waals surface area contributed by atoms with Crippen molar-refractivity contribution in [3.63, 3.8) is 0 Å². The molecule has 0 radical (unpaired) electrons. The normalized spacial score (nSPS) is 16.3. The summed E-state index contributed by atoms with van der Waals surface area (Å²) in [5.41, 5.74) is 5.39. The average molecular weight is 714 g/mol. The third-order valence-corrected chi connectivity index (χ3v) is 8.52. The first-order valence-electron chi connectivity index (χ1n) is 17.0. The highest BCUT2D eigenvalue weighted by atomic mass is 16.6. The van der Waals surface area contributed by atoms with Crippen molar-refractivity contribution >= 4 is 29.7 Å². The van der Waals surface area contributed by atoms with E-state index in [1.807, 2.05) is 59.5 Å². The molecule has 1 saturated heterocycles. The van der Waals surface area contributed by atoms with Crippen LogP contribution in [-0.4, -0.2) is 156 Å². The van der Waals surface area contributed by atoms with E-state index in [1.54, 1.807) is 14.7 Å². The van der Waals surface area contributed by atoms with E-state index < -0.39 is 23.9 Å². The number of carboxylic acids is 3. The Morgan fingerprint density at radius 1 is 0.627 bits per heavy atom. The minimum Gasteiger partial charge on any atom is -0.480 e. The van der Waals surface area contributed by atoms with Crippen molar-refractivity contribution in [2.75, 3.05) is 85.6 Å². The van der Waals surface area contributed by atoms with Gasteiger partial charge < -0.3 is 26.0 Å². The van der Waals surface area contributed by atoms with Crippen molar-refractivity contribution in [3.8, 4) is 0 Å². The van der Waals surface area contributed by atoms with E-state index in [2.05, 4.69) is 16.1 Å². The molecule has 16 nitrogen and oxygen atoms in total. The fourth-order valence-corrected chi connectivity index (χ4v) is 5.71. The molecule has 1 aliphatic heterocycles. The van der Waals surface area contributed by atoms with Crippen LogP contribution in [0.15, 0.2) is 54.6 Å². The molecule has 0 bridgehead atoms. The van der Waals surface area contributed by atoms with Gasteiger partial charge in [-0.15, -0.1) is 0 Å². The van der Waals surface area contributed by atoms with Gasteiger partial charge in [-0.05, 0) is 29.5 Å². The van der Waals surface area contributed by atoms with Crippen molar-refractivity contribution in [2.24, 2.45) is 0 Å². The molecule has 1 atom stereocenters. The van der Waals surface area contributed by atoms with Crippen molar-refractivity contribution < 1.29 is 44.1 Å². The summed E-state index contributed by atoms with van der Waals surface area (Å²) in [4.78, 5) is 71.9. The first kappa shape index (κ1) is 41.0. The molecule has 51 heavy (non-hydrogen) atoms. The summed E-state index contributed by atoms with van der Waals surface area (Å²) in [6, 6.07) is 17.1. The maximum Gasteiger partial charge on any atom is 0.317 e. The van der Waals surface area contributed by atoms with E-state index in [0.29, 0.717) is 65.3 Å². The summed E-state index contributed by atoms with van der Waals surface area (Å²) < 4.78 is 0. The van der Waals surface area contributed by atoms with Crippen LogP contribution >= 0.6 is 0 Å². The van der Waals surface area contributed by atoms with Gasteiger partial charge in [0.05, 0.1) is 39.3 Å². The van der Waals surface area contributed by atoms with Gasteiger partial charge >= 0.3 is 17.9 Å². The van der Waals surface area contributed by atoms with Gasteiger partial charge in [0, 0.05) is 65.4 Å². The quantitative estimate of drug-likeness (QED) is 0.108. The zero-order valence-corrected chi connectivity index (χ0v) is 29.2. The number of hydrogen-bond donors (Lipinski definition) is 6. The molecular weight excluding hydrogens is 662 g/mol. The van der Waals surface area contributed by atoms with Gasteiger partial charge in [-0.3, -0.25) is 48.4 Å². The summed E-state index contributed by atoms with van der Waals surface area (Å²) in [6.07, 6.45) is 1.31. The van der Waals surface area contributed by atoms with Crippen LogP contribution in [0.3, 0.4) is 0 Å². The van der Waals surface area contributed by atoms with E-state index >= 15 is 0 Å². The van der Waals surface area contributed by atoms with Crippen LogP contribution < -0.4 is 16.1 Å². The second-order valence-corrected chi connectivity index (χ2v) is 12.5. The molecule has 0 aromatic heterocycles. The second kappa shape index (κ2) is 22.4. The number of carbonyl (C=O) groups excluding carboxylic acids is 2. The van der Waals surface area contributed by atoms with Gasteiger partial charge in [0.1, 0.15) is 0 Å². The zero-order chi connectivity index (χ0) is 37.0. The smallest absolute Gasteiger partial charge is 0.317 e. The van der Waals surface area contributed by atoms with E-state index in [9.17, 15) is 39.3 Å². The van der Waals surface area contributed by atoms with E-state index in [0.717, 1.165) is 23.1 Å². The van der Waals surface area contributed by atoms with Crippen LogP contribution in [0.2, 0.25) is 0 Å². The number of benzene rings is 2. The number of carboxylic acid groups (broad SMARTS) is 3. The topological polar surface area (TPSA) is 204 Å². The first-order chi connectivity index (χ1) is 24.5. The van der Waals surface area contributed by atoms with Gasteiger partial charge in [0.15, 0.2) is 0 Å².